The molecule has 0 spiro atoms. The summed E-state index contributed by atoms with van der Waals surface area (Å²) in [5.41, 5.74) is 6.56. The topological polar surface area (TPSA) is 74.8 Å². The van der Waals surface area contributed by atoms with Crippen LogP contribution in [0, 0.1) is 5.92 Å². The Morgan fingerprint density at radius 3 is 2.11 bits per heavy atom. The van der Waals surface area contributed by atoms with E-state index in [4.69, 9.17) is 0 Å². The minimum atomic E-state index is -0.664. The maximum Gasteiger partial charge on any atom is 0.266 e. The fraction of sp³-hybridized carbons (Fsp3) is 0.172. The summed E-state index contributed by atoms with van der Waals surface area (Å²) in [5.74, 6) is -1.96. The molecule has 1 saturated heterocycles. The molecule has 2 unspecified atom stereocenters. The number of hydrogen-bond acceptors (Lipinski definition) is 4. The van der Waals surface area contributed by atoms with Crippen molar-refractivity contribution >= 4 is 32.5 Å². The summed E-state index contributed by atoms with van der Waals surface area (Å²) < 4.78 is 2.07. The third kappa shape index (κ3) is 3.44. The van der Waals surface area contributed by atoms with Gasteiger partial charge in [-0.05, 0) is 52.8 Å². The lowest BCUT2D eigenvalue weighted by Gasteiger charge is -2.20. The molecular formula is C29H23N2O4P. The first-order valence-corrected chi connectivity index (χ1v) is 12.8. The highest BCUT2D eigenvalue weighted by Crippen LogP contribution is 2.46. The van der Waals surface area contributed by atoms with Gasteiger partial charge < -0.3 is 0 Å². The third-order valence-electron chi connectivity index (χ3n) is 7.24. The Kier molecular flexibility index (Phi) is 5.42. The van der Waals surface area contributed by atoms with Crippen LogP contribution in [0.5, 0.6) is 0 Å². The van der Waals surface area contributed by atoms with Crippen LogP contribution in [-0.4, -0.2) is 33.0 Å². The third-order valence-corrected chi connectivity index (χ3v) is 8.52. The first kappa shape index (κ1) is 22.6. The van der Waals surface area contributed by atoms with Gasteiger partial charge in [-0.2, -0.15) is 0 Å². The molecule has 1 aliphatic carbocycles. The van der Waals surface area contributed by atoms with E-state index in [0.717, 1.165) is 14.9 Å². The highest BCUT2D eigenvalue weighted by atomic mass is 31.1. The zero-order chi connectivity index (χ0) is 25.0. The second-order valence-corrected chi connectivity index (χ2v) is 10.4. The monoisotopic (exact) mass is 494 g/mol. The normalized spacial score (nSPS) is 18.9. The van der Waals surface area contributed by atoms with Crippen molar-refractivity contribution in [2.45, 2.75) is 25.2 Å². The van der Waals surface area contributed by atoms with Crippen LogP contribution >= 0.6 is 8.88 Å². The van der Waals surface area contributed by atoms with Gasteiger partial charge in [-0.3, -0.25) is 19.2 Å². The van der Waals surface area contributed by atoms with E-state index in [0.29, 0.717) is 24.0 Å². The molecule has 3 aliphatic rings. The molecular weight excluding hydrogens is 471 g/mol. The minimum absolute atomic E-state index is 0.0789. The number of carbonyl (C=O) groups is 4. The van der Waals surface area contributed by atoms with Crippen molar-refractivity contribution in [1.29, 1.82) is 0 Å². The SMILES string of the molecule is C=CCC1CC(=O)N(PN2C(=O)c3ccc(CC4c5ccccc5-c5ccccc54)cc3C2=O)C1=O. The number of nitrogens with zero attached hydrogens (tertiary/aromatic N) is 2. The summed E-state index contributed by atoms with van der Waals surface area (Å²) in [6.07, 6.45) is 2.77. The Labute approximate surface area is 210 Å². The van der Waals surface area contributed by atoms with E-state index in [2.05, 4.69) is 30.8 Å². The van der Waals surface area contributed by atoms with Crippen molar-refractivity contribution in [3.05, 3.63) is 107 Å². The van der Waals surface area contributed by atoms with Crippen molar-refractivity contribution in [2.75, 3.05) is 0 Å². The molecule has 2 heterocycles. The minimum Gasteiger partial charge on any atom is -0.274 e. The van der Waals surface area contributed by atoms with Crippen LogP contribution in [-0.2, 0) is 16.0 Å². The summed E-state index contributed by atoms with van der Waals surface area (Å²) in [5, 5.41) is 0. The predicted molar refractivity (Wildman–Crippen MR) is 137 cm³/mol. The Bertz CT molecular complexity index is 1430. The molecule has 3 aromatic carbocycles. The second-order valence-electron chi connectivity index (χ2n) is 9.35. The highest BCUT2D eigenvalue weighted by Gasteiger charge is 2.44. The molecule has 4 amide bonds. The fourth-order valence-electron chi connectivity index (χ4n) is 5.51. The van der Waals surface area contributed by atoms with Crippen LogP contribution in [0.25, 0.3) is 11.1 Å². The zero-order valence-corrected chi connectivity index (χ0v) is 20.4. The lowest BCUT2D eigenvalue weighted by atomic mass is 9.89. The number of allylic oxidation sites excluding steroid dienone is 1. The molecule has 0 bridgehead atoms. The van der Waals surface area contributed by atoms with E-state index in [1.54, 1.807) is 18.2 Å². The van der Waals surface area contributed by atoms with Crippen molar-refractivity contribution in [2.24, 2.45) is 5.92 Å². The van der Waals surface area contributed by atoms with Gasteiger partial charge in [0, 0.05) is 12.3 Å². The van der Waals surface area contributed by atoms with Gasteiger partial charge in [0.15, 0.2) is 0 Å². The molecule has 1 fully saturated rings. The van der Waals surface area contributed by atoms with E-state index in [1.165, 1.54) is 22.3 Å². The van der Waals surface area contributed by atoms with Gasteiger partial charge >= 0.3 is 0 Å². The van der Waals surface area contributed by atoms with Gasteiger partial charge in [-0.15, -0.1) is 6.58 Å². The summed E-state index contributed by atoms with van der Waals surface area (Å²) in [6, 6.07) is 22.1. The van der Waals surface area contributed by atoms with Crippen molar-refractivity contribution in [1.82, 2.24) is 9.34 Å². The van der Waals surface area contributed by atoms with Crippen LogP contribution in [0.2, 0.25) is 0 Å². The number of benzene rings is 3. The predicted octanol–water partition coefficient (Wildman–Crippen LogP) is 5.10. The number of fused-ring (bicyclic) bond motifs is 4. The molecule has 178 valence electrons. The summed E-state index contributed by atoms with van der Waals surface area (Å²) in [6.45, 7) is 3.63. The standard InChI is InChI=1S/C29H23N2O4P/c1-2-7-18-16-26(32)30(27(18)33)36-31-28(34)23-13-12-17(15-25(23)29(31)35)14-24-21-10-5-3-8-19(21)20-9-4-6-11-22(20)24/h2-6,8-13,15,18,24,36H,1,7,14,16H2. The van der Waals surface area contributed by atoms with Crippen LogP contribution in [0.4, 0.5) is 0 Å². The van der Waals surface area contributed by atoms with E-state index in [-0.39, 0.29) is 24.2 Å². The average molecular weight is 494 g/mol. The van der Waals surface area contributed by atoms with Crippen LogP contribution in [0.15, 0.2) is 79.4 Å². The van der Waals surface area contributed by atoms with Gasteiger partial charge in [0.25, 0.3) is 11.8 Å². The zero-order valence-electron chi connectivity index (χ0n) is 19.4. The molecule has 6 rings (SSSR count). The fourth-order valence-corrected chi connectivity index (χ4v) is 6.61. The van der Waals surface area contributed by atoms with E-state index in [9.17, 15) is 19.2 Å². The van der Waals surface area contributed by atoms with Gasteiger partial charge in [0.2, 0.25) is 11.8 Å². The van der Waals surface area contributed by atoms with Gasteiger partial charge in [0.1, 0.15) is 8.88 Å². The van der Waals surface area contributed by atoms with Crippen molar-refractivity contribution in [3.63, 3.8) is 0 Å². The van der Waals surface area contributed by atoms with Gasteiger partial charge in [-0.25, -0.2) is 9.34 Å². The largest absolute Gasteiger partial charge is 0.274 e. The Morgan fingerprint density at radius 1 is 0.806 bits per heavy atom. The maximum atomic E-state index is 13.2. The van der Waals surface area contributed by atoms with Gasteiger partial charge in [0.05, 0.1) is 17.0 Å². The molecule has 6 nitrogen and oxygen atoms in total. The molecule has 7 heteroatoms. The molecule has 3 aromatic rings. The smallest absolute Gasteiger partial charge is 0.266 e. The summed E-state index contributed by atoms with van der Waals surface area (Å²) >= 11 is 0. The summed E-state index contributed by atoms with van der Waals surface area (Å²) in [7, 11) is -0.664. The summed E-state index contributed by atoms with van der Waals surface area (Å²) in [4.78, 5) is 51.4. The van der Waals surface area contributed by atoms with Crippen molar-refractivity contribution in [3.8, 4) is 11.1 Å². The Hall–Kier alpha value is -3.89. The molecule has 0 saturated carbocycles. The lowest BCUT2D eigenvalue weighted by Crippen LogP contribution is -2.31. The number of imide groups is 2. The number of rotatable bonds is 6. The number of amides is 4. The number of hydrogen-bond donors (Lipinski definition) is 0. The molecule has 0 radical (unpaired) electrons. The molecule has 2 aliphatic heterocycles. The number of carbonyl (C=O) groups excluding carboxylic acids is 4. The van der Waals surface area contributed by atoms with Crippen LogP contribution < -0.4 is 0 Å². The molecule has 0 N–H and O–H groups in total. The first-order chi connectivity index (χ1) is 17.5. The Morgan fingerprint density at radius 2 is 1.44 bits per heavy atom. The molecule has 36 heavy (non-hydrogen) atoms. The molecule has 2 atom stereocenters. The highest BCUT2D eigenvalue weighted by molar-refractivity contribution is 7.37. The van der Waals surface area contributed by atoms with Crippen LogP contribution in [0.1, 0.15) is 56.2 Å². The lowest BCUT2D eigenvalue weighted by molar-refractivity contribution is -0.133. The van der Waals surface area contributed by atoms with Crippen molar-refractivity contribution < 1.29 is 19.2 Å². The van der Waals surface area contributed by atoms with Crippen LogP contribution in [0.3, 0.4) is 0 Å². The quantitative estimate of drug-likeness (QED) is 0.272. The first-order valence-electron chi connectivity index (χ1n) is 11.9. The molecule has 0 aromatic heterocycles. The average Bonchev–Trinajstić information content (AvgIpc) is 3.44. The van der Waals surface area contributed by atoms with E-state index >= 15 is 0 Å². The Balaban J connectivity index is 1.26. The van der Waals surface area contributed by atoms with Gasteiger partial charge in [-0.1, -0.05) is 60.7 Å². The van der Waals surface area contributed by atoms with E-state index in [1.807, 2.05) is 30.3 Å². The maximum absolute atomic E-state index is 13.2. The van der Waals surface area contributed by atoms with E-state index < -0.39 is 26.6 Å². The second kappa shape index (κ2) is 8.65.